The highest BCUT2D eigenvalue weighted by Crippen LogP contribution is 2.28. The fourth-order valence-electron chi connectivity index (χ4n) is 1.38. The molecule has 0 aromatic heterocycles. The van der Waals surface area contributed by atoms with Crippen molar-refractivity contribution in [3.05, 3.63) is 41.5 Å². The highest BCUT2D eigenvalue weighted by molar-refractivity contribution is 5.55. The van der Waals surface area contributed by atoms with Crippen LogP contribution in [0.1, 0.15) is 25.0 Å². The molecule has 0 unspecified atom stereocenters. The molecule has 0 atom stereocenters. The molecular weight excluding hydrogens is 177 g/mol. The minimum Gasteiger partial charge on any atom is -0.327 e. The quantitative estimate of drug-likeness (QED) is 0.784. The summed E-state index contributed by atoms with van der Waals surface area (Å²) in [6, 6.07) is 7.43. The SMILES string of the molecule is CC(C)(F)c1ccccc1/C=C/CN. The van der Waals surface area contributed by atoms with Gasteiger partial charge in [0.05, 0.1) is 0 Å². The fraction of sp³-hybridized carbons (Fsp3) is 0.333. The molecule has 0 saturated carbocycles. The van der Waals surface area contributed by atoms with Crippen LogP contribution in [-0.4, -0.2) is 6.54 Å². The molecule has 0 radical (unpaired) electrons. The third kappa shape index (κ3) is 2.67. The van der Waals surface area contributed by atoms with Crippen molar-refractivity contribution in [1.29, 1.82) is 0 Å². The molecule has 0 spiro atoms. The maximum Gasteiger partial charge on any atom is 0.131 e. The predicted octanol–water partition coefficient (Wildman–Crippen LogP) is 2.86. The topological polar surface area (TPSA) is 26.0 Å². The lowest BCUT2D eigenvalue weighted by molar-refractivity contribution is 0.221. The van der Waals surface area contributed by atoms with Crippen molar-refractivity contribution < 1.29 is 4.39 Å². The Balaban J connectivity index is 3.10. The van der Waals surface area contributed by atoms with E-state index in [-0.39, 0.29) is 0 Å². The van der Waals surface area contributed by atoms with Crippen molar-refractivity contribution in [2.45, 2.75) is 19.5 Å². The zero-order valence-corrected chi connectivity index (χ0v) is 8.63. The number of nitrogens with two attached hydrogens (primary N) is 1. The molecule has 1 aromatic rings. The molecule has 14 heavy (non-hydrogen) atoms. The van der Waals surface area contributed by atoms with Gasteiger partial charge < -0.3 is 5.73 Å². The summed E-state index contributed by atoms with van der Waals surface area (Å²) < 4.78 is 13.7. The summed E-state index contributed by atoms with van der Waals surface area (Å²) in [5.74, 6) is 0. The minimum atomic E-state index is -1.31. The molecule has 1 rings (SSSR count). The molecule has 2 heteroatoms. The van der Waals surface area contributed by atoms with Gasteiger partial charge in [-0.25, -0.2) is 4.39 Å². The van der Waals surface area contributed by atoms with Crippen molar-refractivity contribution in [1.82, 2.24) is 0 Å². The van der Waals surface area contributed by atoms with Crippen LogP contribution < -0.4 is 5.73 Å². The molecule has 0 amide bonds. The predicted molar refractivity (Wildman–Crippen MR) is 58.7 cm³/mol. The molecule has 76 valence electrons. The van der Waals surface area contributed by atoms with E-state index in [9.17, 15) is 4.39 Å². The van der Waals surface area contributed by atoms with E-state index in [2.05, 4.69) is 0 Å². The van der Waals surface area contributed by atoms with Gasteiger partial charge in [0.1, 0.15) is 5.67 Å². The van der Waals surface area contributed by atoms with Crippen molar-refractivity contribution in [3.8, 4) is 0 Å². The van der Waals surface area contributed by atoms with E-state index >= 15 is 0 Å². The van der Waals surface area contributed by atoms with Gasteiger partial charge >= 0.3 is 0 Å². The summed E-state index contributed by atoms with van der Waals surface area (Å²) in [5.41, 5.74) is 5.64. The number of rotatable bonds is 3. The van der Waals surface area contributed by atoms with Gasteiger partial charge in [-0.3, -0.25) is 0 Å². The molecule has 0 aliphatic rings. The van der Waals surface area contributed by atoms with Crippen LogP contribution in [-0.2, 0) is 5.67 Å². The third-order valence-electron chi connectivity index (χ3n) is 2.03. The normalized spacial score (nSPS) is 12.3. The van der Waals surface area contributed by atoms with Crippen LogP contribution in [0, 0.1) is 0 Å². The summed E-state index contributed by atoms with van der Waals surface area (Å²) in [5, 5.41) is 0. The molecule has 0 fully saturated rings. The van der Waals surface area contributed by atoms with Crippen LogP contribution in [0.3, 0.4) is 0 Å². The van der Waals surface area contributed by atoms with Gasteiger partial charge in [-0.05, 0) is 25.0 Å². The van der Waals surface area contributed by atoms with Crippen LogP contribution in [0.15, 0.2) is 30.3 Å². The van der Waals surface area contributed by atoms with Crippen molar-refractivity contribution in [2.24, 2.45) is 5.73 Å². The zero-order valence-electron chi connectivity index (χ0n) is 8.63. The van der Waals surface area contributed by atoms with Gasteiger partial charge in [0.15, 0.2) is 0 Å². The van der Waals surface area contributed by atoms with E-state index < -0.39 is 5.67 Å². The van der Waals surface area contributed by atoms with Crippen LogP contribution in [0.25, 0.3) is 6.08 Å². The fourth-order valence-corrected chi connectivity index (χ4v) is 1.38. The Hall–Kier alpha value is -1.15. The standard InChI is InChI=1S/C12H16FN/c1-12(2,13)11-8-4-3-6-10(11)7-5-9-14/h3-8H,9,14H2,1-2H3/b7-5+. The van der Waals surface area contributed by atoms with Gasteiger partial charge in [-0.15, -0.1) is 0 Å². The maximum atomic E-state index is 13.7. The number of halogens is 1. The van der Waals surface area contributed by atoms with Crippen LogP contribution in [0.2, 0.25) is 0 Å². The molecule has 0 heterocycles. The molecule has 0 aliphatic heterocycles. The number of hydrogen-bond donors (Lipinski definition) is 1. The summed E-state index contributed by atoms with van der Waals surface area (Å²) in [6.45, 7) is 3.59. The Morgan fingerprint density at radius 2 is 2.00 bits per heavy atom. The lowest BCUT2D eigenvalue weighted by atomic mass is 9.94. The van der Waals surface area contributed by atoms with Gasteiger partial charge in [0.25, 0.3) is 0 Å². The number of hydrogen-bond acceptors (Lipinski definition) is 1. The van der Waals surface area contributed by atoms with Gasteiger partial charge in [0.2, 0.25) is 0 Å². The molecule has 0 saturated heterocycles. The summed E-state index contributed by atoms with van der Waals surface area (Å²) in [6.07, 6.45) is 3.68. The molecule has 0 aliphatic carbocycles. The molecular formula is C12H16FN. The largest absolute Gasteiger partial charge is 0.327 e. The van der Waals surface area contributed by atoms with Crippen molar-refractivity contribution >= 4 is 6.08 Å². The first-order chi connectivity index (χ1) is 6.55. The number of alkyl halides is 1. The van der Waals surface area contributed by atoms with E-state index in [1.807, 2.05) is 30.4 Å². The van der Waals surface area contributed by atoms with Crippen LogP contribution in [0.5, 0.6) is 0 Å². The second-order valence-corrected chi connectivity index (χ2v) is 3.70. The molecule has 1 nitrogen and oxygen atoms in total. The molecule has 0 bridgehead atoms. The van der Waals surface area contributed by atoms with Gasteiger partial charge in [-0.2, -0.15) is 0 Å². The third-order valence-corrected chi connectivity index (χ3v) is 2.03. The van der Waals surface area contributed by atoms with E-state index in [0.29, 0.717) is 12.1 Å². The van der Waals surface area contributed by atoms with Crippen LogP contribution >= 0.6 is 0 Å². The Bertz CT molecular complexity index is 323. The monoisotopic (exact) mass is 193 g/mol. The zero-order chi connectivity index (χ0) is 10.6. The van der Waals surface area contributed by atoms with E-state index in [4.69, 9.17) is 5.73 Å². The summed E-state index contributed by atoms with van der Waals surface area (Å²) >= 11 is 0. The molecule has 1 aromatic carbocycles. The van der Waals surface area contributed by atoms with Crippen molar-refractivity contribution in [3.63, 3.8) is 0 Å². The second-order valence-electron chi connectivity index (χ2n) is 3.70. The first-order valence-electron chi connectivity index (χ1n) is 4.70. The van der Waals surface area contributed by atoms with Crippen molar-refractivity contribution in [2.75, 3.05) is 6.54 Å². The van der Waals surface area contributed by atoms with E-state index in [1.54, 1.807) is 19.9 Å². The smallest absolute Gasteiger partial charge is 0.131 e. The maximum absolute atomic E-state index is 13.7. The molecule has 2 N–H and O–H groups in total. The van der Waals surface area contributed by atoms with Gasteiger partial charge in [0, 0.05) is 6.54 Å². The average molecular weight is 193 g/mol. The lowest BCUT2D eigenvalue weighted by Gasteiger charge is -2.17. The van der Waals surface area contributed by atoms with Gasteiger partial charge in [-0.1, -0.05) is 36.4 Å². The highest BCUT2D eigenvalue weighted by Gasteiger charge is 2.20. The van der Waals surface area contributed by atoms with E-state index in [0.717, 1.165) is 5.56 Å². The Kier molecular flexibility index (Phi) is 3.42. The summed E-state index contributed by atoms with van der Waals surface area (Å²) in [7, 11) is 0. The van der Waals surface area contributed by atoms with E-state index in [1.165, 1.54) is 0 Å². The first-order valence-corrected chi connectivity index (χ1v) is 4.70. The Morgan fingerprint density at radius 3 is 2.57 bits per heavy atom. The number of benzene rings is 1. The average Bonchev–Trinajstić information content (AvgIpc) is 2.14. The Labute approximate surface area is 84.4 Å². The first kappa shape index (κ1) is 10.9. The lowest BCUT2D eigenvalue weighted by Crippen LogP contribution is -2.10. The van der Waals surface area contributed by atoms with Crippen LogP contribution in [0.4, 0.5) is 4.39 Å². The minimum absolute atomic E-state index is 0.473. The summed E-state index contributed by atoms with van der Waals surface area (Å²) in [4.78, 5) is 0. The second kappa shape index (κ2) is 4.38. The highest BCUT2D eigenvalue weighted by atomic mass is 19.1. The Morgan fingerprint density at radius 1 is 1.36 bits per heavy atom.